The van der Waals surface area contributed by atoms with Gasteiger partial charge in [0.2, 0.25) is 0 Å². The van der Waals surface area contributed by atoms with E-state index in [1.54, 1.807) is 0 Å². The maximum absolute atomic E-state index is 9.00. The molecule has 3 heteroatoms. The Labute approximate surface area is 132 Å². The maximum Gasteiger partial charge on any atom is 0.300 e. The Morgan fingerprint density at radius 2 is 1.27 bits per heavy atom. The molecule has 0 aromatic heterocycles. The van der Waals surface area contributed by atoms with Gasteiger partial charge in [-0.25, -0.2) is 0 Å². The first-order chi connectivity index (χ1) is 10.6. The van der Waals surface area contributed by atoms with E-state index in [4.69, 9.17) is 9.90 Å². The van der Waals surface area contributed by atoms with Crippen molar-refractivity contribution < 1.29 is 9.90 Å². The van der Waals surface area contributed by atoms with E-state index in [1.807, 2.05) is 0 Å². The highest BCUT2D eigenvalue weighted by Gasteiger charge is 2.35. The predicted octanol–water partition coefficient (Wildman–Crippen LogP) is 3.45. The van der Waals surface area contributed by atoms with Crippen molar-refractivity contribution in [3.63, 3.8) is 0 Å². The van der Waals surface area contributed by atoms with Crippen LogP contribution >= 0.6 is 0 Å². The maximum atomic E-state index is 9.00. The third-order valence-electron chi connectivity index (χ3n) is 4.11. The van der Waals surface area contributed by atoms with E-state index in [1.165, 1.54) is 24.0 Å². The van der Waals surface area contributed by atoms with E-state index in [-0.39, 0.29) is 5.41 Å². The number of carboxylic acid groups (broad SMARTS) is 1. The molecule has 0 spiro atoms. The number of carbonyl (C=O) groups is 1. The second-order valence-corrected chi connectivity index (χ2v) is 5.58. The number of aliphatic carboxylic acids is 1. The summed E-state index contributed by atoms with van der Waals surface area (Å²) < 4.78 is 0. The number of carboxylic acids is 1. The van der Waals surface area contributed by atoms with E-state index < -0.39 is 5.97 Å². The minimum atomic E-state index is -0.833. The van der Waals surface area contributed by atoms with Gasteiger partial charge in [0.25, 0.3) is 5.97 Å². The monoisotopic (exact) mass is 297 g/mol. The second-order valence-electron chi connectivity index (χ2n) is 5.58. The highest BCUT2D eigenvalue weighted by molar-refractivity contribution is 5.62. The van der Waals surface area contributed by atoms with E-state index in [2.05, 4.69) is 66.0 Å². The number of rotatable bonds is 2. The van der Waals surface area contributed by atoms with Crippen LogP contribution in [-0.4, -0.2) is 24.2 Å². The number of hydrogen-bond donors (Lipinski definition) is 2. The lowest BCUT2D eigenvalue weighted by atomic mass is 9.68. The van der Waals surface area contributed by atoms with Crippen molar-refractivity contribution >= 4 is 5.97 Å². The van der Waals surface area contributed by atoms with Gasteiger partial charge in [-0.3, -0.25) is 4.79 Å². The molecule has 2 aromatic carbocycles. The molecule has 2 aromatic rings. The first-order valence-electron chi connectivity index (χ1n) is 7.66. The van der Waals surface area contributed by atoms with E-state index in [9.17, 15) is 0 Å². The molecule has 1 saturated heterocycles. The Hall–Kier alpha value is -2.13. The molecule has 0 amide bonds. The summed E-state index contributed by atoms with van der Waals surface area (Å²) in [6, 6.07) is 21.9. The van der Waals surface area contributed by atoms with Crippen LogP contribution in [0.1, 0.15) is 30.9 Å². The minimum Gasteiger partial charge on any atom is -0.481 e. The molecule has 0 bridgehead atoms. The highest BCUT2D eigenvalue weighted by Crippen LogP contribution is 2.39. The zero-order valence-corrected chi connectivity index (χ0v) is 13.0. The largest absolute Gasteiger partial charge is 0.481 e. The first kappa shape index (κ1) is 16.2. The lowest BCUT2D eigenvalue weighted by Gasteiger charge is -2.39. The average molecular weight is 297 g/mol. The summed E-state index contributed by atoms with van der Waals surface area (Å²) in [7, 11) is 0. The minimum absolute atomic E-state index is 0.202. The zero-order valence-electron chi connectivity index (χ0n) is 13.0. The predicted molar refractivity (Wildman–Crippen MR) is 89.1 cm³/mol. The van der Waals surface area contributed by atoms with Crippen molar-refractivity contribution in [3.8, 4) is 0 Å². The molecule has 2 N–H and O–H groups in total. The quantitative estimate of drug-likeness (QED) is 0.892. The summed E-state index contributed by atoms with van der Waals surface area (Å²) in [5.41, 5.74) is 3.11. The summed E-state index contributed by atoms with van der Waals surface area (Å²) in [6.45, 7) is 3.29. The third-order valence-corrected chi connectivity index (χ3v) is 4.11. The Morgan fingerprint density at radius 3 is 1.64 bits per heavy atom. The van der Waals surface area contributed by atoms with Gasteiger partial charge in [0.15, 0.2) is 0 Å². The van der Waals surface area contributed by atoms with Crippen molar-refractivity contribution in [2.75, 3.05) is 13.1 Å². The normalized spacial score (nSPS) is 16.2. The molecule has 22 heavy (non-hydrogen) atoms. The summed E-state index contributed by atoms with van der Waals surface area (Å²) >= 11 is 0. The number of hydrogen-bond acceptors (Lipinski definition) is 2. The van der Waals surface area contributed by atoms with Crippen LogP contribution in [0.15, 0.2) is 60.7 Å². The molecule has 0 aliphatic carbocycles. The SMILES string of the molecule is CC(=O)O.c1ccc(C2(c3ccccc3)CCNCC2)cc1. The Morgan fingerprint density at radius 1 is 0.909 bits per heavy atom. The molecule has 0 radical (unpaired) electrons. The molecule has 1 aliphatic rings. The molecule has 116 valence electrons. The van der Waals surface area contributed by atoms with Crippen LogP contribution in [0.2, 0.25) is 0 Å². The van der Waals surface area contributed by atoms with E-state index >= 15 is 0 Å². The fourth-order valence-corrected chi connectivity index (χ4v) is 3.11. The summed E-state index contributed by atoms with van der Waals surface area (Å²) in [6.07, 6.45) is 2.36. The average Bonchev–Trinajstić information content (AvgIpc) is 2.57. The Balaban J connectivity index is 0.000000396. The molecule has 1 aliphatic heterocycles. The molecule has 0 atom stereocenters. The number of benzene rings is 2. The van der Waals surface area contributed by atoms with Crippen molar-refractivity contribution in [1.29, 1.82) is 0 Å². The van der Waals surface area contributed by atoms with E-state index in [0.717, 1.165) is 20.0 Å². The standard InChI is InChI=1S/C17H19N.C2H4O2/c1-3-7-15(8-4-1)17(11-13-18-14-12-17)16-9-5-2-6-10-16;1-2(3)4/h1-10,18H,11-14H2;1H3,(H,3,4). The molecule has 1 heterocycles. The topological polar surface area (TPSA) is 49.3 Å². The molecule has 0 unspecified atom stereocenters. The van der Waals surface area contributed by atoms with Gasteiger partial charge in [-0.1, -0.05) is 60.7 Å². The van der Waals surface area contributed by atoms with Crippen LogP contribution in [0, 0.1) is 0 Å². The van der Waals surface area contributed by atoms with Gasteiger partial charge in [-0.15, -0.1) is 0 Å². The van der Waals surface area contributed by atoms with Gasteiger partial charge in [-0.05, 0) is 37.1 Å². The van der Waals surface area contributed by atoms with Crippen molar-refractivity contribution in [3.05, 3.63) is 71.8 Å². The third kappa shape index (κ3) is 3.95. The Kier molecular flexibility index (Phi) is 5.73. The van der Waals surface area contributed by atoms with Crippen LogP contribution in [0.25, 0.3) is 0 Å². The van der Waals surface area contributed by atoms with Gasteiger partial charge in [0.1, 0.15) is 0 Å². The fraction of sp³-hybridized carbons (Fsp3) is 0.316. The fourth-order valence-electron chi connectivity index (χ4n) is 3.11. The van der Waals surface area contributed by atoms with Crippen LogP contribution in [0.4, 0.5) is 0 Å². The molecule has 0 saturated carbocycles. The van der Waals surface area contributed by atoms with Crippen molar-refractivity contribution in [2.24, 2.45) is 0 Å². The molecular formula is C19H23NO2. The van der Waals surface area contributed by atoms with Crippen LogP contribution in [0.3, 0.4) is 0 Å². The molecule has 1 fully saturated rings. The lowest BCUT2D eigenvalue weighted by molar-refractivity contribution is -0.134. The van der Waals surface area contributed by atoms with Crippen LogP contribution < -0.4 is 5.32 Å². The van der Waals surface area contributed by atoms with Crippen molar-refractivity contribution in [1.82, 2.24) is 5.32 Å². The molecule has 3 rings (SSSR count). The number of piperidine rings is 1. The van der Waals surface area contributed by atoms with Gasteiger partial charge >= 0.3 is 0 Å². The highest BCUT2D eigenvalue weighted by atomic mass is 16.4. The second kappa shape index (κ2) is 7.76. The van der Waals surface area contributed by atoms with Gasteiger partial charge in [-0.2, -0.15) is 0 Å². The smallest absolute Gasteiger partial charge is 0.300 e. The Bertz CT molecular complexity index is 529. The van der Waals surface area contributed by atoms with Crippen LogP contribution in [0.5, 0.6) is 0 Å². The molecular weight excluding hydrogens is 274 g/mol. The first-order valence-corrected chi connectivity index (χ1v) is 7.66. The molecule has 3 nitrogen and oxygen atoms in total. The van der Waals surface area contributed by atoms with Gasteiger partial charge in [0.05, 0.1) is 0 Å². The number of nitrogens with one attached hydrogen (secondary N) is 1. The van der Waals surface area contributed by atoms with E-state index in [0.29, 0.717) is 0 Å². The zero-order chi connectivity index (χ0) is 15.8. The summed E-state index contributed by atoms with van der Waals surface area (Å²) in [4.78, 5) is 9.00. The van der Waals surface area contributed by atoms with Crippen LogP contribution in [-0.2, 0) is 10.2 Å². The summed E-state index contributed by atoms with van der Waals surface area (Å²) in [5, 5.41) is 10.9. The van der Waals surface area contributed by atoms with Crippen molar-refractivity contribution in [2.45, 2.75) is 25.2 Å². The van der Waals surface area contributed by atoms with Gasteiger partial charge < -0.3 is 10.4 Å². The summed E-state index contributed by atoms with van der Waals surface area (Å²) in [5.74, 6) is -0.833. The van der Waals surface area contributed by atoms with Gasteiger partial charge in [0, 0.05) is 12.3 Å². The lowest BCUT2D eigenvalue weighted by Crippen LogP contribution is -2.40.